The Morgan fingerprint density at radius 1 is 1.06 bits per heavy atom. The summed E-state index contributed by atoms with van der Waals surface area (Å²) in [6, 6.07) is 6.81. The molecule has 2 N–H and O–H groups in total. The summed E-state index contributed by atoms with van der Waals surface area (Å²) >= 11 is 0. The third kappa shape index (κ3) is 6.29. The van der Waals surface area contributed by atoms with Crippen LogP contribution in [0.4, 0.5) is 14.5 Å². The predicted molar refractivity (Wildman–Crippen MR) is 117 cm³/mol. The van der Waals surface area contributed by atoms with Gasteiger partial charge in [-0.1, -0.05) is 17.7 Å². The first kappa shape index (κ1) is 26.7. The van der Waals surface area contributed by atoms with Crippen LogP contribution in [0.25, 0.3) is 6.08 Å². The first-order valence-electron chi connectivity index (χ1n) is 9.69. The molecule has 1 atom stereocenters. The van der Waals surface area contributed by atoms with E-state index in [-0.39, 0.29) is 10.5 Å². The first-order valence-corrected chi connectivity index (χ1v) is 11.1. The molecule has 1 unspecified atom stereocenters. The van der Waals surface area contributed by atoms with Crippen molar-refractivity contribution in [3.05, 3.63) is 58.7 Å². The SMILES string of the molecule is COC(=O)C(=Cc1cc(N)c(F)c(F)c1OCC(C)OS(=O)(=O)c1ccc(C)cc1)C(=O)OC. The average molecular weight is 499 g/mol. The van der Waals surface area contributed by atoms with Crippen molar-refractivity contribution in [2.75, 3.05) is 26.6 Å². The van der Waals surface area contributed by atoms with Crippen LogP contribution in [0, 0.1) is 18.6 Å². The van der Waals surface area contributed by atoms with Gasteiger partial charge in [0.05, 0.1) is 24.8 Å². The third-order valence-electron chi connectivity index (χ3n) is 4.39. The van der Waals surface area contributed by atoms with Crippen molar-refractivity contribution in [2.45, 2.75) is 24.8 Å². The monoisotopic (exact) mass is 499 g/mol. The Morgan fingerprint density at radius 3 is 2.15 bits per heavy atom. The molecular formula is C22H23F2NO8S. The number of nitrogen functional groups attached to an aromatic ring is 1. The largest absolute Gasteiger partial charge is 0.487 e. The standard InChI is InChI=1S/C22H23F2NO8S/c1-12-5-7-15(8-6-12)34(28,29)33-13(2)11-32-20-14(10-17(25)18(23)19(20)24)9-16(21(26)30-3)22(27)31-4/h5-10,13H,11,25H2,1-4H3. The Bertz CT molecular complexity index is 1190. The number of carbonyl (C=O) groups is 2. The highest BCUT2D eigenvalue weighted by Gasteiger charge is 2.25. The van der Waals surface area contributed by atoms with Gasteiger partial charge in [0.2, 0.25) is 5.82 Å². The summed E-state index contributed by atoms with van der Waals surface area (Å²) in [5.74, 6) is -5.91. The van der Waals surface area contributed by atoms with E-state index in [4.69, 9.17) is 14.7 Å². The minimum Gasteiger partial charge on any atom is -0.487 e. The molecule has 0 heterocycles. The minimum atomic E-state index is -4.17. The highest BCUT2D eigenvalue weighted by atomic mass is 32.2. The van der Waals surface area contributed by atoms with E-state index in [0.29, 0.717) is 0 Å². The van der Waals surface area contributed by atoms with Gasteiger partial charge < -0.3 is 19.9 Å². The van der Waals surface area contributed by atoms with Crippen LogP contribution in [0.3, 0.4) is 0 Å². The molecule has 2 rings (SSSR count). The van der Waals surface area contributed by atoms with Crippen molar-refractivity contribution in [2.24, 2.45) is 0 Å². The lowest BCUT2D eigenvalue weighted by atomic mass is 10.1. The van der Waals surface area contributed by atoms with Crippen LogP contribution in [0.2, 0.25) is 0 Å². The fourth-order valence-corrected chi connectivity index (χ4v) is 3.75. The Balaban J connectivity index is 2.35. The van der Waals surface area contributed by atoms with Crippen LogP contribution in [0.5, 0.6) is 5.75 Å². The number of hydrogen-bond donors (Lipinski definition) is 1. The van der Waals surface area contributed by atoms with Gasteiger partial charge in [-0.15, -0.1) is 0 Å². The molecule has 0 bridgehead atoms. The normalized spacial score (nSPS) is 11.9. The van der Waals surface area contributed by atoms with Crippen LogP contribution < -0.4 is 10.5 Å². The average Bonchev–Trinajstić information content (AvgIpc) is 2.79. The quantitative estimate of drug-likeness (QED) is 0.138. The van der Waals surface area contributed by atoms with Crippen molar-refractivity contribution in [3.8, 4) is 5.75 Å². The molecule has 0 aliphatic carbocycles. The number of hydrogen-bond acceptors (Lipinski definition) is 9. The van der Waals surface area contributed by atoms with E-state index in [9.17, 15) is 26.8 Å². The van der Waals surface area contributed by atoms with Crippen molar-refractivity contribution < 1.29 is 45.2 Å². The molecule has 12 heteroatoms. The van der Waals surface area contributed by atoms with Gasteiger partial charge in [-0.25, -0.2) is 14.0 Å². The van der Waals surface area contributed by atoms with E-state index < -0.39 is 63.4 Å². The van der Waals surface area contributed by atoms with Crippen molar-refractivity contribution in [3.63, 3.8) is 0 Å². The Hall–Kier alpha value is -3.51. The Morgan fingerprint density at radius 2 is 1.62 bits per heavy atom. The number of ether oxygens (including phenoxy) is 3. The van der Waals surface area contributed by atoms with Gasteiger partial charge in [-0.3, -0.25) is 4.18 Å². The van der Waals surface area contributed by atoms with Crippen molar-refractivity contribution in [1.82, 2.24) is 0 Å². The lowest BCUT2D eigenvalue weighted by molar-refractivity contribution is -0.143. The Labute approximate surface area is 195 Å². The van der Waals surface area contributed by atoms with Crippen LogP contribution in [-0.4, -0.2) is 47.3 Å². The zero-order valence-electron chi connectivity index (χ0n) is 18.8. The van der Waals surface area contributed by atoms with E-state index in [1.165, 1.54) is 19.1 Å². The van der Waals surface area contributed by atoms with Crippen LogP contribution >= 0.6 is 0 Å². The second kappa shape index (κ2) is 11.1. The third-order valence-corrected chi connectivity index (χ3v) is 5.82. The number of halogens is 2. The summed E-state index contributed by atoms with van der Waals surface area (Å²) in [5.41, 5.74) is 4.73. The molecule has 2 aromatic carbocycles. The lowest BCUT2D eigenvalue weighted by Crippen LogP contribution is -2.23. The summed E-state index contributed by atoms with van der Waals surface area (Å²) < 4.78 is 72.9. The first-order chi connectivity index (χ1) is 15.9. The minimum absolute atomic E-state index is 0.0981. The number of carbonyl (C=O) groups excluding carboxylic acids is 2. The second-order valence-electron chi connectivity index (χ2n) is 7.04. The van der Waals surface area contributed by atoms with Gasteiger partial charge >= 0.3 is 11.9 Å². The van der Waals surface area contributed by atoms with E-state index in [1.807, 2.05) is 0 Å². The molecule has 0 saturated heterocycles. The number of anilines is 1. The molecule has 0 aliphatic rings. The summed E-state index contributed by atoms with van der Waals surface area (Å²) in [5, 5.41) is 0. The van der Waals surface area contributed by atoms with Gasteiger partial charge in [0.15, 0.2) is 11.6 Å². The van der Waals surface area contributed by atoms with E-state index in [1.54, 1.807) is 19.1 Å². The van der Waals surface area contributed by atoms with Gasteiger partial charge in [0.25, 0.3) is 10.1 Å². The van der Waals surface area contributed by atoms with E-state index >= 15 is 0 Å². The number of rotatable bonds is 9. The van der Waals surface area contributed by atoms with Gasteiger partial charge in [-0.05, 0) is 38.1 Å². The molecule has 0 aromatic heterocycles. The number of esters is 2. The molecule has 34 heavy (non-hydrogen) atoms. The van der Waals surface area contributed by atoms with Gasteiger partial charge in [0, 0.05) is 5.56 Å². The number of aryl methyl sites for hydroxylation is 1. The molecule has 0 saturated carbocycles. The number of methoxy groups -OCH3 is 2. The van der Waals surface area contributed by atoms with Gasteiger partial charge in [0.1, 0.15) is 18.3 Å². The Kier molecular flexibility index (Phi) is 8.71. The van der Waals surface area contributed by atoms with Crippen LogP contribution in [0.15, 0.2) is 40.8 Å². The highest BCUT2D eigenvalue weighted by Crippen LogP contribution is 2.32. The molecule has 0 aliphatic heterocycles. The molecule has 184 valence electrons. The summed E-state index contributed by atoms with van der Waals surface area (Å²) in [7, 11) is -2.16. The summed E-state index contributed by atoms with van der Waals surface area (Å²) in [6.07, 6.45) is -0.288. The highest BCUT2D eigenvalue weighted by molar-refractivity contribution is 7.86. The maximum Gasteiger partial charge on any atom is 0.345 e. The molecule has 0 radical (unpaired) electrons. The van der Waals surface area contributed by atoms with Crippen LogP contribution in [0.1, 0.15) is 18.1 Å². The topological polar surface area (TPSA) is 131 Å². The molecule has 9 nitrogen and oxygen atoms in total. The van der Waals surface area contributed by atoms with Gasteiger partial charge in [-0.2, -0.15) is 12.8 Å². The maximum absolute atomic E-state index is 14.6. The maximum atomic E-state index is 14.6. The number of nitrogens with two attached hydrogens (primary N) is 1. The lowest BCUT2D eigenvalue weighted by Gasteiger charge is -2.17. The predicted octanol–water partition coefficient (Wildman–Crippen LogP) is 2.76. The molecule has 0 fully saturated rings. The zero-order chi connectivity index (χ0) is 25.6. The summed E-state index contributed by atoms with van der Waals surface area (Å²) in [6.45, 7) is 2.57. The second-order valence-corrected chi connectivity index (χ2v) is 8.61. The fraction of sp³-hybridized carbons (Fsp3) is 0.273. The number of benzene rings is 2. The smallest absolute Gasteiger partial charge is 0.345 e. The molecule has 0 amide bonds. The van der Waals surface area contributed by atoms with E-state index in [2.05, 4.69) is 9.47 Å². The van der Waals surface area contributed by atoms with E-state index in [0.717, 1.165) is 31.9 Å². The fourth-order valence-electron chi connectivity index (χ4n) is 2.69. The zero-order valence-corrected chi connectivity index (χ0v) is 19.6. The van der Waals surface area contributed by atoms with Crippen LogP contribution in [-0.2, 0) is 33.4 Å². The summed E-state index contributed by atoms with van der Waals surface area (Å²) in [4.78, 5) is 23.8. The van der Waals surface area contributed by atoms with Crippen molar-refractivity contribution >= 4 is 33.8 Å². The van der Waals surface area contributed by atoms with Crippen molar-refractivity contribution in [1.29, 1.82) is 0 Å². The molecule has 2 aromatic rings. The molecular weight excluding hydrogens is 476 g/mol. The molecule has 0 spiro atoms.